The van der Waals surface area contributed by atoms with E-state index in [2.05, 4.69) is 4.74 Å². The summed E-state index contributed by atoms with van der Waals surface area (Å²) in [5.74, 6) is -0.949. The average molecular weight is 303 g/mol. The molecule has 0 aliphatic heterocycles. The second-order valence-corrected chi connectivity index (χ2v) is 5.01. The molecule has 0 saturated heterocycles. The monoisotopic (exact) mass is 303 g/mol. The maximum absolute atomic E-state index is 12.5. The molecule has 7 heteroatoms. The predicted octanol–water partition coefficient (Wildman–Crippen LogP) is 2.51. The molecular formula is C14H16F3NO3. The fourth-order valence-corrected chi connectivity index (χ4v) is 2.68. The van der Waals surface area contributed by atoms with Gasteiger partial charge in [0.15, 0.2) is 0 Å². The number of para-hydroxylation sites is 1. The van der Waals surface area contributed by atoms with E-state index in [1.54, 1.807) is 13.0 Å². The van der Waals surface area contributed by atoms with E-state index in [9.17, 15) is 18.0 Å². The van der Waals surface area contributed by atoms with E-state index in [1.807, 2.05) is 0 Å². The average Bonchev–Trinajstić information content (AvgIpc) is 2.34. The lowest BCUT2D eigenvalue weighted by molar-refractivity contribution is -0.275. The molecule has 0 aromatic heterocycles. The normalized spacial score (nSPS) is 25.1. The molecule has 1 fully saturated rings. The van der Waals surface area contributed by atoms with Crippen LogP contribution in [0.15, 0.2) is 24.3 Å². The van der Waals surface area contributed by atoms with Crippen LogP contribution in [0.25, 0.3) is 0 Å². The Kier molecular flexibility index (Phi) is 4.13. The van der Waals surface area contributed by atoms with Crippen molar-refractivity contribution < 1.29 is 27.4 Å². The molecule has 116 valence electrons. The van der Waals surface area contributed by atoms with Crippen molar-refractivity contribution in [2.24, 2.45) is 5.73 Å². The fourth-order valence-electron chi connectivity index (χ4n) is 2.68. The maximum Gasteiger partial charge on any atom is 0.573 e. The van der Waals surface area contributed by atoms with E-state index in [-0.39, 0.29) is 36.8 Å². The summed E-state index contributed by atoms with van der Waals surface area (Å²) in [5.41, 5.74) is 4.75. The lowest BCUT2D eigenvalue weighted by Gasteiger charge is -2.44. The highest BCUT2D eigenvalue weighted by molar-refractivity contribution is 5.86. The zero-order chi connectivity index (χ0) is 15.7. The van der Waals surface area contributed by atoms with Gasteiger partial charge in [-0.2, -0.15) is 0 Å². The largest absolute Gasteiger partial charge is 0.573 e. The highest BCUT2D eigenvalue weighted by atomic mass is 19.4. The molecule has 21 heavy (non-hydrogen) atoms. The van der Waals surface area contributed by atoms with E-state index >= 15 is 0 Å². The highest BCUT2D eigenvalue weighted by Gasteiger charge is 2.53. The smallest absolute Gasteiger partial charge is 0.465 e. The number of carbonyl (C=O) groups excluding carboxylic acids is 1. The number of rotatable bonds is 4. The Morgan fingerprint density at radius 1 is 1.38 bits per heavy atom. The molecule has 1 saturated carbocycles. The number of halogens is 3. The van der Waals surface area contributed by atoms with E-state index in [1.165, 1.54) is 18.2 Å². The van der Waals surface area contributed by atoms with Crippen LogP contribution in [0.5, 0.6) is 5.75 Å². The van der Waals surface area contributed by atoms with Crippen molar-refractivity contribution in [2.45, 2.75) is 37.6 Å². The molecule has 0 radical (unpaired) electrons. The van der Waals surface area contributed by atoms with E-state index in [0.717, 1.165) is 0 Å². The number of benzene rings is 1. The third-order valence-electron chi connectivity index (χ3n) is 3.52. The van der Waals surface area contributed by atoms with Crippen molar-refractivity contribution in [3.63, 3.8) is 0 Å². The molecule has 2 rings (SSSR count). The summed E-state index contributed by atoms with van der Waals surface area (Å²) < 4.78 is 46.5. The van der Waals surface area contributed by atoms with Gasteiger partial charge in [0.2, 0.25) is 0 Å². The van der Waals surface area contributed by atoms with Gasteiger partial charge in [0.25, 0.3) is 0 Å². The minimum Gasteiger partial charge on any atom is -0.465 e. The second-order valence-electron chi connectivity index (χ2n) is 5.01. The van der Waals surface area contributed by atoms with Gasteiger partial charge in [-0.3, -0.25) is 4.79 Å². The fraction of sp³-hybridized carbons (Fsp3) is 0.500. The van der Waals surface area contributed by atoms with Crippen LogP contribution in [0.4, 0.5) is 13.2 Å². The predicted molar refractivity (Wildman–Crippen MR) is 68.6 cm³/mol. The molecule has 0 unspecified atom stereocenters. The first-order valence-electron chi connectivity index (χ1n) is 6.56. The number of esters is 1. The van der Waals surface area contributed by atoms with Gasteiger partial charge in [0.1, 0.15) is 5.75 Å². The van der Waals surface area contributed by atoms with Crippen molar-refractivity contribution in [3.05, 3.63) is 29.8 Å². The standard InChI is InChI=1S/C14H16F3NO3/c1-2-20-12(19)13(7-9(18)8-13)10-5-3-4-6-11(10)21-14(15,16)17/h3-6,9H,2,7-8,18H2,1H3. The molecule has 0 amide bonds. The molecule has 2 N–H and O–H groups in total. The molecule has 0 spiro atoms. The summed E-state index contributed by atoms with van der Waals surface area (Å²) >= 11 is 0. The third kappa shape index (κ3) is 3.12. The van der Waals surface area contributed by atoms with E-state index in [0.29, 0.717) is 0 Å². The van der Waals surface area contributed by atoms with Crippen LogP contribution >= 0.6 is 0 Å². The zero-order valence-corrected chi connectivity index (χ0v) is 11.4. The Hall–Kier alpha value is -1.76. The summed E-state index contributed by atoms with van der Waals surface area (Å²) in [6.45, 7) is 1.79. The van der Waals surface area contributed by atoms with Crippen LogP contribution < -0.4 is 10.5 Å². The molecular weight excluding hydrogens is 287 g/mol. The molecule has 1 aromatic rings. The summed E-state index contributed by atoms with van der Waals surface area (Å²) in [6.07, 6.45) is -4.34. The summed E-state index contributed by atoms with van der Waals surface area (Å²) in [5, 5.41) is 0. The van der Waals surface area contributed by atoms with Gasteiger partial charge >= 0.3 is 12.3 Å². The number of carbonyl (C=O) groups is 1. The van der Waals surface area contributed by atoms with Crippen molar-refractivity contribution in [2.75, 3.05) is 6.61 Å². The first kappa shape index (κ1) is 15.6. The van der Waals surface area contributed by atoms with Gasteiger partial charge < -0.3 is 15.2 Å². The van der Waals surface area contributed by atoms with Crippen molar-refractivity contribution in [3.8, 4) is 5.75 Å². The molecule has 0 heterocycles. The summed E-state index contributed by atoms with van der Waals surface area (Å²) in [7, 11) is 0. The Labute approximate surface area is 120 Å². The number of hydrogen-bond acceptors (Lipinski definition) is 4. The molecule has 0 bridgehead atoms. The number of ether oxygens (including phenoxy) is 2. The van der Waals surface area contributed by atoms with Gasteiger partial charge in [0, 0.05) is 11.6 Å². The van der Waals surface area contributed by atoms with Crippen molar-refractivity contribution in [1.82, 2.24) is 0 Å². The van der Waals surface area contributed by atoms with E-state index < -0.39 is 17.7 Å². The summed E-state index contributed by atoms with van der Waals surface area (Å²) in [6, 6.07) is 5.37. The van der Waals surface area contributed by atoms with Gasteiger partial charge in [-0.25, -0.2) is 0 Å². The minimum absolute atomic E-state index is 0.151. The van der Waals surface area contributed by atoms with Crippen LogP contribution in [-0.2, 0) is 14.9 Å². The summed E-state index contributed by atoms with van der Waals surface area (Å²) in [4.78, 5) is 12.2. The van der Waals surface area contributed by atoms with Gasteiger partial charge in [-0.1, -0.05) is 18.2 Å². The first-order valence-corrected chi connectivity index (χ1v) is 6.56. The van der Waals surface area contributed by atoms with Gasteiger partial charge in [-0.15, -0.1) is 13.2 Å². The highest BCUT2D eigenvalue weighted by Crippen LogP contribution is 2.48. The number of hydrogen-bond donors (Lipinski definition) is 1. The quantitative estimate of drug-likeness (QED) is 0.868. The Morgan fingerprint density at radius 2 is 2.00 bits per heavy atom. The van der Waals surface area contributed by atoms with Crippen LogP contribution in [0, 0.1) is 0 Å². The molecule has 4 nitrogen and oxygen atoms in total. The van der Waals surface area contributed by atoms with Crippen molar-refractivity contribution >= 4 is 5.97 Å². The first-order chi connectivity index (χ1) is 9.78. The molecule has 0 atom stereocenters. The Morgan fingerprint density at radius 3 is 2.52 bits per heavy atom. The van der Waals surface area contributed by atoms with Crippen LogP contribution in [-0.4, -0.2) is 25.0 Å². The lowest BCUT2D eigenvalue weighted by Crippen LogP contribution is -2.55. The molecule has 1 aliphatic rings. The van der Waals surface area contributed by atoms with Gasteiger partial charge in [-0.05, 0) is 25.8 Å². The zero-order valence-electron chi connectivity index (χ0n) is 11.4. The van der Waals surface area contributed by atoms with Crippen LogP contribution in [0.3, 0.4) is 0 Å². The number of alkyl halides is 3. The van der Waals surface area contributed by atoms with Gasteiger partial charge in [0.05, 0.1) is 12.0 Å². The second kappa shape index (κ2) is 5.55. The SMILES string of the molecule is CCOC(=O)C1(c2ccccc2OC(F)(F)F)CC(N)C1. The molecule has 1 aliphatic carbocycles. The Balaban J connectivity index is 2.40. The topological polar surface area (TPSA) is 61.5 Å². The molecule has 1 aromatic carbocycles. The minimum atomic E-state index is -4.82. The Bertz CT molecular complexity index is 524. The van der Waals surface area contributed by atoms with Crippen LogP contribution in [0.2, 0.25) is 0 Å². The number of nitrogens with two attached hydrogens (primary N) is 1. The maximum atomic E-state index is 12.5. The van der Waals surface area contributed by atoms with Crippen LogP contribution in [0.1, 0.15) is 25.3 Å². The van der Waals surface area contributed by atoms with Crippen molar-refractivity contribution in [1.29, 1.82) is 0 Å². The third-order valence-corrected chi connectivity index (χ3v) is 3.52. The van der Waals surface area contributed by atoms with E-state index in [4.69, 9.17) is 10.5 Å². The lowest BCUT2D eigenvalue weighted by atomic mass is 9.61.